The summed E-state index contributed by atoms with van der Waals surface area (Å²) < 4.78 is 6.85. The third-order valence-corrected chi connectivity index (χ3v) is 4.12. The van der Waals surface area contributed by atoms with Crippen LogP contribution in [0.3, 0.4) is 0 Å². The fourth-order valence-electron chi connectivity index (χ4n) is 1.67. The van der Waals surface area contributed by atoms with Crippen molar-refractivity contribution in [2.75, 3.05) is 6.61 Å². The Bertz CT molecular complexity index is 733. The lowest BCUT2D eigenvalue weighted by molar-refractivity contribution is -0.123. The summed E-state index contributed by atoms with van der Waals surface area (Å²) in [6.07, 6.45) is 1.38. The van der Waals surface area contributed by atoms with E-state index in [0.29, 0.717) is 14.9 Å². The van der Waals surface area contributed by atoms with Gasteiger partial charge in [-0.2, -0.15) is 5.10 Å². The normalized spacial score (nSPS) is 10.7. The zero-order chi connectivity index (χ0) is 16.8. The van der Waals surface area contributed by atoms with E-state index in [4.69, 9.17) is 4.74 Å². The zero-order valence-corrected chi connectivity index (χ0v) is 16.0. The van der Waals surface area contributed by atoms with Crippen molar-refractivity contribution in [2.45, 2.75) is 6.92 Å². The number of phenols is 1. The van der Waals surface area contributed by atoms with Gasteiger partial charge >= 0.3 is 0 Å². The first-order valence-electron chi connectivity index (χ1n) is 6.65. The minimum absolute atomic E-state index is 0.114. The van der Waals surface area contributed by atoms with Crippen molar-refractivity contribution < 1.29 is 14.6 Å². The number of carbonyl (C=O) groups excluding carboxylic acids is 1. The number of aromatic hydroxyl groups is 1. The van der Waals surface area contributed by atoms with E-state index in [1.165, 1.54) is 6.21 Å². The monoisotopic (exact) mass is 488 g/mol. The van der Waals surface area contributed by atoms with E-state index in [9.17, 15) is 9.90 Å². The second kappa shape index (κ2) is 8.30. The SMILES string of the molecule is Cc1ccc(OCC(=O)NN=Cc2cc(Br)cc(I)c2O)cc1. The Morgan fingerprint density at radius 2 is 2.09 bits per heavy atom. The van der Waals surface area contributed by atoms with Gasteiger partial charge in [-0.25, -0.2) is 5.43 Å². The summed E-state index contributed by atoms with van der Waals surface area (Å²) in [6.45, 7) is 1.84. The zero-order valence-electron chi connectivity index (χ0n) is 12.2. The molecule has 5 nitrogen and oxygen atoms in total. The third kappa shape index (κ3) is 5.51. The average molecular weight is 489 g/mol. The maximum Gasteiger partial charge on any atom is 0.277 e. The van der Waals surface area contributed by atoms with Crippen LogP contribution in [0.15, 0.2) is 46.0 Å². The van der Waals surface area contributed by atoms with Crippen LogP contribution >= 0.6 is 38.5 Å². The standard InChI is InChI=1S/C16H14BrIN2O3/c1-10-2-4-13(5-3-10)23-9-15(21)20-19-8-11-6-12(17)7-14(18)16(11)22/h2-8,22H,9H2,1H3,(H,20,21). The third-order valence-electron chi connectivity index (χ3n) is 2.84. The van der Waals surface area contributed by atoms with Crippen molar-refractivity contribution in [3.05, 3.63) is 55.6 Å². The lowest BCUT2D eigenvalue weighted by atomic mass is 10.2. The number of ether oxygens (including phenoxy) is 1. The van der Waals surface area contributed by atoms with Crippen LogP contribution in [0, 0.1) is 10.5 Å². The van der Waals surface area contributed by atoms with Crippen molar-refractivity contribution >= 4 is 50.6 Å². The van der Waals surface area contributed by atoms with Crippen molar-refractivity contribution in [2.24, 2.45) is 5.10 Å². The molecule has 7 heteroatoms. The van der Waals surface area contributed by atoms with Crippen LogP contribution in [0.4, 0.5) is 0 Å². The minimum atomic E-state index is -0.383. The highest BCUT2D eigenvalue weighted by molar-refractivity contribution is 14.1. The molecule has 23 heavy (non-hydrogen) atoms. The average Bonchev–Trinajstić information content (AvgIpc) is 2.51. The van der Waals surface area contributed by atoms with Gasteiger partial charge in [-0.15, -0.1) is 0 Å². The molecule has 0 radical (unpaired) electrons. The van der Waals surface area contributed by atoms with E-state index in [1.807, 2.05) is 41.6 Å². The molecule has 0 unspecified atom stereocenters. The van der Waals surface area contributed by atoms with Gasteiger partial charge in [0, 0.05) is 10.0 Å². The molecule has 0 saturated carbocycles. The van der Waals surface area contributed by atoms with Gasteiger partial charge in [0.05, 0.1) is 9.78 Å². The Morgan fingerprint density at radius 3 is 2.78 bits per heavy atom. The number of phenolic OH excluding ortho intramolecular Hbond substituents is 1. The number of aryl methyl sites for hydroxylation is 1. The highest BCUT2D eigenvalue weighted by Gasteiger charge is 2.06. The number of hydrogen-bond acceptors (Lipinski definition) is 4. The number of halogens is 2. The van der Waals surface area contributed by atoms with Crippen molar-refractivity contribution in [3.63, 3.8) is 0 Å². The lowest BCUT2D eigenvalue weighted by Crippen LogP contribution is -2.24. The van der Waals surface area contributed by atoms with Gasteiger partial charge in [-0.1, -0.05) is 33.6 Å². The predicted molar refractivity (Wildman–Crippen MR) is 101 cm³/mol. The molecule has 120 valence electrons. The molecule has 0 fully saturated rings. The Kier molecular flexibility index (Phi) is 6.40. The summed E-state index contributed by atoms with van der Waals surface area (Å²) >= 11 is 5.35. The fourth-order valence-corrected chi connectivity index (χ4v) is 3.22. The van der Waals surface area contributed by atoms with E-state index in [2.05, 4.69) is 26.5 Å². The number of rotatable bonds is 5. The molecular formula is C16H14BrIN2O3. The summed E-state index contributed by atoms with van der Waals surface area (Å²) in [5.74, 6) is 0.350. The number of nitrogens with one attached hydrogen (secondary N) is 1. The number of carbonyl (C=O) groups is 1. The van der Waals surface area contributed by atoms with Gasteiger partial charge in [0.2, 0.25) is 0 Å². The van der Waals surface area contributed by atoms with E-state index in [1.54, 1.807) is 24.3 Å². The molecule has 0 aromatic heterocycles. The van der Waals surface area contributed by atoms with Gasteiger partial charge in [-0.05, 0) is 53.8 Å². The summed E-state index contributed by atoms with van der Waals surface area (Å²) in [6, 6.07) is 10.9. The van der Waals surface area contributed by atoms with Crippen molar-refractivity contribution in [1.29, 1.82) is 0 Å². The van der Waals surface area contributed by atoms with Crippen LogP contribution in [-0.4, -0.2) is 23.8 Å². The lowest BCUT2D eigenvalue weighted by Gasteiger charge is -2.05. The van der Waals surface area contributed by atoms with Crippen molar-refractivity contribution in [1.82, 2.24) is 5.43 Å². The van der Waals surface area contributed by atoms with Crippen LogP contribution in [0.5, 0.6) is 11.5 Å². The molecule has 2 aromatic carbocycles. The highest BCUT2D eigenvalue weighted by Crippen LogP contribution is 2.27. The largest absolute Gasteiger partial charge is 0.506 e. The highest BCUT2D eigenvalue weighted by atomic mass is 127. The van der Waals surface area contributed by atoms with Crippen LogP contribution in [-0.2, 0) is 4.79 Å². The Labute approximate surface area is 156 Å². The number of hydrazone groups is 1. The molecule has 0 heterocycles. The second-order valence-corrected chi connectivity index (χ2v) is 6.80. The summed E-state index contributed by atoms with van der Waals surface area (Å²) in [5, 5.41) is 13.7. The summed E-state index contributed by atoms with van der Waals surface area (Å²) in [4.78, 5) is 11.7. The van der Waals surface area contributed by atoms with Crippen LogP contribution in [0.2, 0.25) is 0 Å². The first-order chi connectivity index (χ1) is 11.0. The maximum atomic E-state index is 11.7. The molecule has 2 aromatic rings. The molecule has 0 aliphatic carbocycles. The van der Waals surface area contributed by atoms with E-state index >= 15 is 0 Å². The summed E-state index contributed by atoms with van der Waals surface area (Å²) in [5.41, 5.74) is 3.98. The van der Waals surface area contributed by atoms with Gasteiger partial charge in [0.15, 0.2) is 6.61 Å². The van der Waals surface area contributed by atoms with Gasteiger partial charge < -0.3 is 9.84 Å². The molecule has 0 saturated heterocycles. The molecule has 1 amide bonds. The van der Waals surface area contributed by atoms with E-state index in [0.717, 1.165) is 10.0 Å². The molecule has 0 atom stereocenters. The molecule has 2 N–H and O–H groups in total. The first kappa shape index (κ1) is 17.7. The molecule has 0 aliphatic rings. The van der Waals surface area contributed by atoms with Crippen LogP contribution in [0.25, 0.3) is 0 Å². The van der Waals surface area contributed by atoms with Crippen LogP contribution in [0.1, 0.15) is 11.1 Å². The Balaban J connectivity index is 1.88. The predicted octanol–water partition coefficient (Wildman–Crippen LogP) is 3.60. The fraction of sp³-hybridized carbons (Fsp3) is 0.125. The van der Waals surface area contributed by atoms with E-state index < -0.39 is 0 Å². The quantitative estimate of drug-likeness (QED) is 0.384. The molecular weight excluding hydrogens is 475 g/mol. The molecule has 0 bridgehead atoms. The topological polar surface area (TPSA) is 70.9 Å². The first-order valence-corrected chi connectivity index (χ1v) is 8.52. The van der Waals surface area contributed by atoms with Gasteiger partial charge in [0.1, 0.15) is 11.5 Å². The van der Waals surface area contributed by atoms with Crippen molar-refractivity contribution in [3.8, 4) is 11.5 Å². The molecule has 0 spiro atoms. The minimum Gasteiger partial charge on any atom is -0.506 e. The Hall–Kier alpha value is -1.61. The second-order valence-electron chi connectivity index (χ2n) is 4.72. The van der Waals surface area contributed by atoms with Gasteiger partial charge in [-0.3, -0.25) is 4.79 Å². The van der Waals surface area contributed by atoms with E-state index in [-0.39, 0.29) is 18.3 Å². The number of benzene rings is 2. The molecule has 0 aliphatic heterocycles. The van der Waals surface area contributed by atoms with Crippen LogP contribution < -0.4 is 10.2 Å². The Morgan fingerprint density at radius 1 is 1.39 bits per heavy atom. The van der Waals surface area contributed by atoms with Gasteiger partial charge in [0.25, 0.3) is 5.91 Å². The smallest absolute Gasteiger partial charge is 0.277 e. The molecule has 2 rings (SSSR count). The number of hydrogen-bond donors (Lipinski definition) is 2. The number of nitrogens with zero attached hydrogens (tertiary/aromatic N) is 1. The summed E-state index contributed by atoms with van der Waals surface area (Å²) in [7, 11) is 0. The maximum absolute atomic E-state index is 11.7. The number of amides is 1.